The Morgan fingerprint density at radius 3 is 2.81 bits per heavy atom. The molecule has 0 radical (unpaired) electrons. The molecule has 1 aliphatic heterocycles. The highest BCUT2D eigenvalue weighted by atomic mass is 79.9. The zero-order valence-electron chi connectivity index (χ0n) is 12.7. The molecule has 2 nitrogen and oxygen atoms in total. The minimum atomic E-state index is -0.341. The third-order valence-electron chi connectivity index (χ3n) is 5.33. The second-order valence-corrected chi connectivity index (χ2v) is 7.67. The number of piperidine rings is 1. The molecule has 3 unspecified atom stereocenters. The lowest BCUT2D eigenvalue weighted by Crippen LogP contribution is -2.42. The zero-order chi connectivity index (χ0) is 14.7. The molecule has 2 fully saturated rings. The summed E-state index contributed by atoms with van der Waals surface area (Å²) in [6.07, 6.45) is 7.63. The quantitative estimate of drug-likeness (QED) is 0.869. The Balaban J connectivity index is 1.49. The van der Waals surface area contributed by atoms with Gasteiger partial charge in [0.2, 0.25) is 0 Å². The van der Waals surface area contributed by atoms with E-state index in [1.807, 2.05) is 24.3 Å². The molecule has 0 spiro atoms. The molecule has 0 amide bonds. The highest BCUT2D eigenvalue weighted by Gasteiger charge is 2.30. The SMILES string of the molecule is OC(CCN1CCC2CCCCC2C1)c1cccc(Br)c1. The minimum Gasteiger partial charge on any atom is -0.388 e. The highest BCUT2D eigenvalue weighted by Crippen LogP contribution is 2.36. The summed E-state index contributed by atoms with van der Waals surface area (Å²) in [4.78, 5) is 2.58. The first-order chi connectivity index (χ1) is 10.2. The van der Waals surface area contributed by atoms with Crippen LogP contribution < -0.4 is 0 Å². The van der Waals surface area contributed by atoms with Crippen molar-refractivity contribution >= 4 is 15.9 Å². The van der Waals surface area contributed by atoms with Crippen LogP contribution in [-0.2, 0) is 0 Å². The molecule has 1 aromatic rings. The zero-order valence-corrected chi connectivity index (χ0v) is 14.3. The van der Waals surface area contributed by atoms with Gasteiger partial charge in [-0.1, -0.05) is 47.3 Å². The summed E-state index contributed by atoms with van der Waals surface area (Å²) in [7, 11) is 0. The number of rotatable bonds is 4. The van der Waals surface area contributed by atoms with Crippen molar-refractivity contribution in [3.8, 4) is 0 Å². The second kappa shape index (κ2) is 7.26. The minimum absolute atomic E-state index is 0.341. The molecule has 1 heterocycles. The Bertz CT molecular complexity index is 464. The summed E-state index contributed by atoms with van der Waals surface area (Å²) in [6.45, 7) is 3.51. The smallest absolute Gasteiger partial charge is 0.0802 e. The summed E-state index contributed by atoms with van der Waals surface area (Å²) in [5.74, 6) is 1.92. The Kier molecular flexibility index (Phi) is 5.36. The molecule has 1 saturated carbocycles. The first kappa shape index (κ1) is 15.5. The van der Waals surface area contributed by atoms with E-state index in [0.29, 0.717) is 0 Å². The normalized spacial score (nSPS) is 28.1. The second-order valence-electron chi connectivity index (χ2n) is 6.75. The van der Waals surface area contributed by atoms with Crippen molar-refractivity contribution in [2.75, 3.05) is 19.6 Å². The van der Waals surface area contributed by atoms with Gasteiger partial charge in [0, 0.05) is 17.6 Å². The van der Waals surface area contributed by atoms with Crippen LogP contribution >= 0.6 is 15.9 Å². The van der Waals surface area contributed by atoms with E-state index in [-0.39, 0.29) is 6.10 Å². The van der Waals surface area contributed by atoms with Crippen molar-refractivity contribution in [3.05, 3.63) is 34.3 Å². The number of likely N-dealkylation sites (tertiary alicyclic amines) is 1. The van der Waals surface area contributed by atoms with Crippen LogP contribution in [0, 0.1) is 11.8 Å². The van der Waals surface area contributed by atoms with E-state index in [2.05, 4.69) is 20.8 Å². The van der Waals surface area contributed by atoms with E-state index in [0.717, 1.165) is 34.8 Å². The Hall–Kier alpha value is -0.380. The number of hydrogen-bond donors (Lipinski definition) is 1. The van der Waals surface area contributed by atoms with Gasteiger partial charge in [-0.3, -0.25) is 0 Å². The van der Waals surface area contributed by atoms with Crippen LogP contribution in [0.3, 0.4) is 0 Å². The average molecular weight is 352 g/mol. The van der Waals surface area contributed by atoms with Crippen LogP contribution in [0.2, 0.25) is 0 Å². The molecule has 0 bridgehead atoms. The molecule has 1 saturated heterocycles. The van der Waals surface area contributed by atoms with Crippen LogP contribution in [0.25, 0.3) is 0 Å². The fourth-order valence-corrected chi connectivity index (χ4v) is 4.48. The lowest BCUT2D eigenvalue weighted by atomic mass is 9.75. The fourth-order valence-electron chi connectivity index (χ4n) is 4.06. The predicted molar refractivity (Wildman–Crippen MR) is 90.2 cm³/mol. The number of aliphatic hydroxyl groups excluding tert-OH is 1. The predicted octanol–water partition coefficient (Wildman–Crippen LogP) is 4.38. The number of aliphatic hydroxyl groups is 1. The van der Waals surface area contributed by atoms with Gasteiger partial charge in [0.05, 0.1) is 6.10 Å². The summed E-state index contributed by atoms with van der Waals surface area (Å²) in [5, 5.41) is 10.4. The topological polar surface area (TPSA) is 23.5 Å². The van der Waals surface area contributed by atoms with Crippen molar-refractivity contribution in [1.82, 2.24) is 4.90 Å². The molecule has 3 rings (SSSR count). The Morgan fingerprint density at radius 1 is 1.19 bits per heavy atom. The number of fused-ring (bicyclic) bond motifs is 1. The van der Waals surface area contributed by atoms with Crippen molar-refractivity contribution in [2.24, 2.45) is 11.8 Å². The first-order valence-electron chi connectivity index (χ1n) is 8.38. The van der Waals surface area contributed by atoms with Gasteiger partial charge < -0.3 is 10.0 Å². The summed E-state index contributed by atoms with van der Waals surface area (Å²) in [5.41, 5.74) is 1.02. The molecular weight excluding hydrogens is 326 g/mol. The van der Waals surface area contributed by atoms with Gasteiger partial charge in [0.1, 0.15) is 0 Å². The van der Waals surface area contributed by atoms with Crippen LogP contribution in [-0.4, -0.2) is 29.6 Å². The summed E-state index contributed by atoms with van der Waals surface area (Å²) >= 11 is 3.47. The van der Waals surface area contributed by atoms with Crippen molar-refractivity contribution in [3.63, 3.8) is 0 Å². The summed E-state index contributed by atoms with van der Waals surface area (Å²) in [6, 6.07) is 8.04. The van der Waals surface area contributed by atoms with E-state index in [1.165, 1.54) is 45.2 Å². The lowest BCUT2D eigenvalue weighted by Gasteiger charge is -2.41. The summed E-state index contributed by atoms with van der Waals surface area (Å²) < 4.78 is 1.04. The van der Waals surface area contributed by atoms with Gasteiger partial charge in [-0.05, 0) is 55.3 Å². The van der Waals surface area contributed by atoms with Crippen LogP contribution in [0.5, 0.6) is 0 Å². The molecule has 3 atom stereocenters. The fraction of sp³-hybridized carbons (Fsp3) is 0.667. The van der Waals surface area contributed by atoms with Crippen LogP contribution in [0.4, 0.5) is 0 Å². The number of nitrogens with zero attached hydrogens (tertiary/aromatic N) is 1. The van der Waals surface area contributed by atoms with E-state index in [4.69, 9.17) is 0 Å². The monoisotopic (exact) mass is 351 g/mol. The molecule has 2 aliphatic rings. The molecular formula is C18H26BrNO. The Labute approximate surface area is 136 Å². The third kappa shape index (κ3) is 4.08. The highest BCUT2D eigenvalue weighted by molar-refractivity contribution is 9.10. The molecule has 1 aromatic carbocycles. The van der Waals surface area contributed by atoms with Gasteiger partial charge in [-0.15, -0.1) is 0 Å². The van der Waals surface area contributed by atoms with Crippen molar-refractivity contribution in [1.29, 1.82) is 0 Å². The molecule has 3 heteroatoms. The van der Waals surface area contributed by atoms with Gasteiger partial charge in [0.25, 0.3) is 0 Å². The number of benzene rings is 1. The maximum atomic E-state index is 10.4. The van der Waals surface area contributed by atoms with Crippen LogP contribution in [0.15, 0.2) is 28.7 Å². The largest absolute Gasteiger partial charge is 0.388 e. The van der Waals surface area contributed by atoms with Crippen molar-refractivity contribution in [2.45, 2.75) is 44.6 Å². The Morgan fingerprint density at radius 2 is 2.00 bits per heavy atom. The molecule has 0 aromatic heterocycles. The van der Waals surface area contributed by atoms with Gasteiger partial charge in [-0.25, -0.2) is 0 Å². The molecule has 21 heavy (non-hydrogen) atoms. The first-order valence-corrected chi connectivity index (χ1v) is 9.17. The molecule has 116 valence electrons. The van der Waals surface area contributed by atoms with E-state index >= 15 is 0 Å². The van der Waals surface area contributed by atoms with E-state index in [9.17, 15) is 5.11 Å². The molecule has 1 aliphatic carbocycles. The molecule has 1 N–H and O–H groups in total. The van der Waals surface area contributed by atoms with Gasteiger partial charge >= 0.3 is 0 Å². The maximum Gasteiger partial charge on any atom is 0.0802 e. The standard InChI is InChI=1S/C18H26BrNO/c19-17-7-3-6-15(12-17)18(21)9-11-20-10-8-14-4-1-2-5-16(14)13-20/h3,6-7,12,14,16,18,21H,1-2,4-5,8-11,13H2. The number of halogens is 1. The number of hydrogen-bond acceptors (Lipinski definition) is 2. The van der Waals surface area contributed by atoms with Gasteiger partial charge in [0.15, 0.2) is 0 Å². The average Bonchev–Trinajstić information content (AvgIpc) is 2.52. The lowest BCUT2D eigenvalue weighted by molar-refractivity contribution is 0.0705. The van der Waals surface area contributed by atoms with Crippen LogP contribution in [0.1, 0.15) is 50.2 Å². The van der Waals surface area contributed by atoms with E-state index < -0.39 is 0 Å². The van der Waals surface area contributed by atoms with Gasteiger partial charge in [-0.2, -0.15) is 0 Å². The third-order valence-corrected chi connectivity index (χ3v) is 5.82. The van der Waals surface area contributed by atoms with Crippen molar-refractivity contribution < 1.29 is 5.11 Å². The van der Waals surface area contributed by atoms with E-state index in [1.54, 1.807) is 0 Å². The maximum absolute atomic E-state index is 10.4.